The van der Waals surface area contributed by atoms with Crippen molar-refractivity contribution in [2.75, 3.05) is 19.8 Å². The second-order valence-corrected chi connectivity index (χ2v) is 5.05. The molecule has 0 radical (unpaired) electrons. The van der Waals surface area contributed by atoms with E-state index in [-0.39, 0.29) is 5.97 Å². The smallest absolute Gasteiger partial charge is 0.338 e. The maximum atomic E-state index is 11.7. The molecule has 1 rings (SSSR count). The third-order valence-electron chi connectivity index (χ3n) is 2.64. The summed E-state index contributed by atoms with van der Waals surface area (Å²) in [6, 6.07) is 7.61. The summed E-state index contributed by atoms with van der Waals surface area (Å²) in [6.07, 6.45) is 2.15. The van der Waals surface area contributed by atoms with E-state index < -0.39 is 0 Å². The van der Waals surface area contributed by atoms with E-state index in [2.05, 4.69) is 20.8 Å². The van der Waals surface area contributed by atoms with Gasteiger partial charge in [-0.15, -0.1) is 0 Å². The Morgan fingerprint density at radius 1 is 1.16 bits per heavy atom. The van der Waals surface area contributed by atoms with Crippen LogP contribution in [0.15, 0.2) is 24.3 Å². The van der Waals surface area contributed by atoms with Crippen LogP contribution in [0.3, 0.4) is 0 Å². The average molecular weight is 264 g/mol. The predicted octanol–water partition coefficient (Wildman–Crippen LogP) is 3.47. The fourth-order valence-electron chi connectivity index (χ4n) is 1.69. The van der Waals surface area contributed by atoms with Gasteiger partial charge in [-0.2, -0.15) is 0 Å². The van der Waals surface area contributed by atoms with Gasteiger partial charge in [0.05, 0.1) is 12.2 Å². The van der Waals surface area contributed by atoms with Crippen LogP contribution in [-0.4, -0.2) is 25.8 Å². The van der Waals surface area contributed by atoms with E-state index in [1.54, 1.807) is 0 Å². The summed E-state index contributed by atoms with van der Waals surface area (Å²) in [4.78, 5) is 11.7. The SMILES string of the molecule is CCCc1ccc(C(=O)OCCOCC(C)C)cc1. The van der Waals surface area contributed by atoms with Crippen molar-refractivity contribution in [3.8, 4) is 0 Å². The van der Waals surface area contributed by atoms with Gasteiger partial charge >= 0.3 is 5.97 Å². The lowest BCUT2D eigenvalue weighted by molar-refractivity contribution is 0.0277. The van der Waals surface area contributed by atoms with Crippen molar-refractivity contribution in [3.05, 3.63) is 35.4 Å². The number of ether oxygens (including phenoxy) is 2. The first-order valence-corrected chi connectivity index (χ1v) is 6.97. The molecule has 0 amide bonds. The Bertz CT molecular complexity index is 368. The van der Waals surface area contributed by atoms with E-state index in [1.165, 1.54) is 5.56 Å². The minimum atomic E-state index is -0.281. The summed E-state index contributed by atoms with van der Waals surface area (Å²) in [5.74, 6) is 0.220. The molecule has 3 heteroatoms. The third-order valence-corrected chi connectivity index (χ3v) is 2.64. The summed E-state index contributed by atoms with van der Waals surface area (Å²) >= 11 is 0. The molecule has 1 aromatic carbocycles. The van der Waals surface area contributed by atoms with Crippen molar-refractivity contribution < 1.29 is 14.3 Å². The molecule has 0 spiro atoms. The minimum Gasteiger partial charge on any atom is -0.460 e. The Morgan fingerprint density at radius 3 is 2.42 bits per heavy atom. The van der Waals surface area contributed by atoms with Gasteiger partial charge in [0.2, 0.25) is 0 Å². The zero-order chi connectivity index (χ0) is 14.1. The molecular formula is C16H24O3. The van der Waals surface area contributed by atoms with Crippen LogP contribution in [0.25, 0.3) is 0 Å². The van der Waals surface area contributed by atoms with Gasteiger partial charge in [0.15, 0.2) is 0 Å². The minimum absolute atomic E-state index is 0.281. The molecule has 0 atom stereocenters. The second kappa shape index (κ2) is 8.70. The lowest BCUT2D eigenvalue weighted by Gasteiger charge is -2.08. The molecule has 0 N–H and O–H groups in total. The van der Waals surface area contributed by atoms with Crippen LogP contribution in [0.2, 0.25) is 0 Å². The Morgan fingerprint density at radius 2 is 1.84 bits per heavy atom. The number of rotatable bonds is 8. The van der Waals surface area contributed by atoms with Crippen LogP contribution in [0, 0.1) is 5.92 Å². The molecule has 19 heavy (non-hydrogen) atoms. The predicted molar refractivity (Wildman–Crippen MR) is 76.4 cm³/mol. The van der Waals surface area contributed by atoms with Crippen LogP contribution in [0.5, 0.6) is 0 Å². The number of aryl methyl sites for hydroxylation is 1. The van der Waals surface area contributed by atoms with E-state index in [0.717, 1.165) is 12.8 Å². The molecule has 0 aliphatic carbocycles. The van der Waals surface area contributed by atoms with Crippen molar-refractivity contribution in [1.82, 2.24) is 0 Å². The Hall–Kier alpha value is -1.35. The van der Waals surface area contributed by atoms with Gasteiger partial charge in [-0.1, -0.05) is 39.3 Å². The van der Waals surface area contributed by atoms with Crippen LogP contribution in [0.1, 0.15) is 43.1 Å². The van der Waals surface area contributed by atoms with E-state index in [0.29, 0.717) is 31.3 Å². The van der Waals surface area contributed by atoms with Crippen molar-refractivity contribution in [2.24, 2.45) is 5.92 Å². The summed E-state index contributed by atoms with van der Waals surface area (Å²) < 4.78 is 10.5. The molecule has 0 unspecified atom stereocenters. The molecule has 0 aliphatic rings. The molecular weight excluding hydrogens is 240 g/mol. The highest BCUT2D eigenvalue weighted by Crippen LogP contribution is 2.08. The van der Waals surface area contributed by atoms with Gasteiger partial charge in [0, 0.05) is 6.61 Å². The summed E-state index contributed by atoms with van der Waals surface area (Å²) in [7, 11) is 0. The van der Waals surface area contributed by atoms with Crippen LogP contribution < -0.4 is 0 Å². The van der Waals surface area contributed by atoms with Crippen LogP contribution >= 0.6 is 0 Å². The fraction of sp³-hybridized carbons (Fsp3) is 0.562. The van der Waals surface area contributed by atoms with Crippen LogP contribution in [0.4, 0.5) is 0 Å². The topological polar surface area (TPSA) is 35.5 Å². The molecule has 0 bridgehead atoms. The van der Waals surface area contributed by atoms with Gasteiger partial charge < -0.3 is 9.47 Å². The average Bonchev–Trinajstić information content (AvgIpc) is 2.39. The molecule has 0 heterocycles. The Balaban J connectivity index is 2.29. The van der Waals surface area contributed by atoms with Gasteiger partial charge in [-0.3, -0.25) is 0 Å². The molecule has 0 saturated heterocycles. The highest BCUT2D eigenvalue weighted by Gasteiger charge is 2.06. The van der Waals surface area contributed by atoms with Crippen molar-refractivity contribution in [2.45, 2.75) is 33.6 Å². The van der Waals surface area contributed by atoms with Gasteiger partial charge in [0.1, 0.15) is 6.61 Å². The first-order valence-electron chi connectivity index (χ1n) is 6.97. The molecule has 106 valence electrons. The normalized spacial score (nSPS) is 10.7. The molecule has 1 aromatic rings. The number of carbonyl (C=O) groups excluding carboxylic acids is 1. The second-order valence-electron chi connectivity index (χ2n) is 5.05. The van der Waals surface area contributed by atoms with E-state index >= 15 is 0 Å². The highest BCUT2D eigenvalue weighted by atomic mass is 16.6. The quantitative estimate of drug-likeness (QED) is 0.533. The first kappa shape index (κ1) is 15.7. The van der Waals surface area contributed by atoms with Gasteiger partial charge in [-0.05, 0) is 30.0 Å². The van der Waals surface area contributed by atoms with Crippen molar-refractivity contribution in [3.63, 3.8) is 0 Å². The van der Waals surface area contributed by atoms with E-state index in [9.17, 15) is 4.79 Å². The lowest BCUT2D eigenvalue weighted by atomic mass is 10.1. The maximum Gasteiger partial charge on any atom is 0.338 e. The van der Waals surface area contributed by atoms with E-state index in [4.69, 9.17) is 9.47 Å². The maximum absolute atomic E-state index is 11.7. The largest absolute Gasteiger partial charge is 0.460 e. The molecule has 3 nitrogen and oxygen atoms in total. The summed E-state index contributed by atoms with van der Waals surface area (Å²) in [6.45, 7) is 7.77. The highest BCUT2D eigenvalue weighted by molar-refractivity contribution is 5.89. The number of benzene rings is 1. The summed E-state index contributed by atoms with van der Waals surface area (Å²) in [5.41, 5.74) is 1.85. The number of hydrogen-bond donors (Lipinski definition) is 0. The lowest BCUT2D eigenvalue weighted by Crippen LogP contribution is -2.12. The third kappa shape index (κ3) is 6.39. The monoisotopic (exact) mass is 264 g/mol. The van der Waals surface area contributed by atoms with Gasteiger partial charge in [0.25, 0.3) is 0 Å². The first-order chi connectivity index (χ1) is 9.13. The Kier molecular flexibility index (Phi) is 7.19. The van der Waals surface area contributed by atoms with Crippen LogP contribution in [-0.2, 0) is 15.9 Å². The molecule has 0 aliphatic heterocycles. The van der Waals surface area contributed by atoms with Gasteiger partial charge in [-0.25, -0.2) is 4.79 Å². The molecule has 0 aromatic heterocycles. The fourth-order valence-corrected chi connectivity index (χ4v) is 1.69. The number of esters is 1. The molecule has 0 fully saturated rings. The zero-order valence-electron chi connectivity index (χ0n) is 12.1. The van der Waals surface area contributed by atoms with Crippen molar-refractivity contribution >= 4 is 5.97 Å². The van der Waals surface area contributed by atoms with E-state index in [1.807, 2.05) is 24.3 Å². The standard InChI is InChI=1S/C16H24O3/c1-4-5-14-6-8-15(9-7-14)16(17)19-11-10-18-12-13(2)3/h6-9,13H,4-5,10-12H2,1-3H3. The zero-order valence-corrected chi connectivity index (χ0v) is 12.1. The summed E-state index contributed by atoms with van der Waals surface area (Å²) in [5, 5.41) is 0. The van der Waals surface area contributed by atoms with Crippen molar-refractivity contribution in [1.29, 1.82) is 0 Å². The molecule has 0 saturated carbocycles. The number of carbonyl (C=O) groups is 1. The number of hydrogen-bond acceptors (Lipinski definition) is 3. The Labute approximate surface area is 115 Å².